The molecule has 1 heterocycles. The number of carbonyl (C=O) groups excluding carboxylic acids is 4. The number of hydrogen-bond acceptors (Lipinski definition) is 4. The molecule has 1 aliphatic heterocycles. The molecule has 1 N–H and O–H groups in total. The minimum Gasteiger partial charge on any atom is -0.352 e. The number of amides is 4. The van der Waals surface area contributed by atoms with Crippen LogP contribution in [0, 0.1) is 5.82 Å². The first-order valence-electron chi connectivity index (χ1n) is 11.0. The van der Waals surface area contributed by atoms with Gasteiger partial charge in [-0.15, -0.1) is 0 Å². The quantitative estimate of drug-likeness (QED) is 0.591. The lowest BCUT2D eigenvalue weighted by Crippen LogP contribution is -2.49. The van der Waals surface area contributed by atoms with E-state index >= 15 is 0 Å². The van der Waals surface area contributed by atoms with Crippen molar-refractivity contribution in [1.82, 2.24) is 15.1 Å². The lowest BCUT2D eigenvalue weighted by Gasteiger charge is -2.29. The van der Waals surface area contributed by atoms with Crippen LogP contribution in [-0.2, 0) is 16.1 Å². The summed E-state index contributed by atoms with van der Waals surface area (Å²) >= 11 is 0. The molecule has 0 unspecified atom stereocenters. The number of nitrogens with one attached hydrogen (secondary N) is 1. The molecule has 2 aromatic carbocycles. The molecule has 8 heteroatoms. The fraction of sp³-hybridized carbons (Fsp3) is 0.360. The second kappa shape index (κ2) is 10.4. The van der Waals surface area contributed by atoms with E-state index in [4.69, 9.17) is 0 Å². The Morgan fingerprint density at radius 2 is 1.55 bits per heavy atom. The maximum absolute atomic E-state index is 14.2. The molecular formula is C25H28FN3O4. The zero-order chi connectivity index (χ0) is 24.1. The van der Waals surface area contributed by atoms with E-state index in [0.717, 1.165) is 4.90 Å². The first kappa shape index (κ1) is 24.1. The largest absolute Gasteiger partial charge is 0.352 e. The molecule has 7 nitrogen and oxygen atoms in total. The maximum atomic E-state index is 14.2. The van der Waals surface area contributed by atoms with E-state index in [9.17, 15) is 23.6 Å². The maximum Gasteiger partial charge on any atom is 0.261 e. The molecule has 174 valence electrons. The summed E-state index contributed by atoms with van der Waals surface area (Å²) < 4.78 is 14.2. The summed E-state index contributed by atoms with van der Waals surface area (Å²) in [6.07, 6.45) is 0.234. The third-order valence-electron chi connectivity index (χ3n) is 5.55. The topological polar surface area (TPSA) is 86.8 Å². The third-order valence-corrected chi connectivity index (χ3v) is 5.55. The van der Waals surface area contributed by atoms with Gasteiger partial charge in [0.15, 0.2) is 0 Å². The van der Waals surface area contributed by atoms with Gasteiger partial charge in [0, 0.05) is 31.1 Å². The number of carbonyl (C=O) groups is 4. The average molecular weight is 454 g/mol. The molecule has 3 rings (SSSR count). The monoisotopic (exact) mass is 453 g/mol. The van der Waals surface area contributed by atoms with Gasteiger partial charge in [0.05, 0.1) is 11.1 Å². The van der Waals surface area contributed by atoms with Gasteiger partial charge in [-0.25, -0.2) is 4.39 Å². The Bertz CT molecular complexity index is 1030. The van der Waals surface area contributed by atoms with Crippen LogP contribution in [0.25, 0.3) is 0 Å². The Morgan fingerprint density at radius 1 is 0.970 bits per heavy atom. The van der Waals surface area contributed by atoms with E-state index in [1.165, 1.54) is 11.0 Å². The van der Waals surface area contributed by atoms with Crippen LogP contribution in [-0.4, -0.2) is 52.1 Å². The van der Waals surface area contributed by atoms with Crippen LogP contribution >= 0.6 is 0 Å². The van der Waals surface area contributed by atoms with Gasteiger partial charge in [-0.1, -0.05) is 30.3 Å². The van der Waals surface area contributed by atoms with Gasteiger partial charge in [-0.2, -0.15) is 0 Å². The van der Waals surface area contributed by atoms with Gasteiger partial charge in [0.25, 0.3) is 11.8 Å². The summed E-state index contributed by atoms with van der Waals surface area (Å²) in [7, 11) is 0. The smallest absolute Gasteiger partial charge is 0.261 e. The molecule has 2 aromatic rings. The SMILES string of the molecule is CC(C)NC(=O)[C@@H](C)N(Cc1ccccc1F)C(=O)CCCN1C(=O)c2ccccc2C1=O. The number of imide groups is 1. The molecule has 0 fully saturated rings. The Morgan fingerprint density at radius 3 is 2.12 bits per heavy atom. The van der Waals surface area contributed by atoms with E-state index in [0.29, 0.717) is 16.7 Å². The highest BCUT2D eigenvalue weighted by molar-refractivity contribution is 6.21. The highest BCUT2D eigenvalue weighted by atomic mass is 19.1. The van der Waals surface area contributed by atoms with Crippen LogP contribution in [0.15, 0.2) is 48.5 Å². The first-order chi connectivity index (χ1) is 15.7. The van der Waals surface area contributed by atoms with E-state index in [-0.39, 0.29) is 55.6 Å². The zero-order valence-corrected chi connectivity index (χ0v) is 19.0. The van der Waals surface area contributed by atoms with Gasteiger partial charge in [0.1, 0.15) is 11.9 Å². The van der Waals surface area contributed by atoms with Crippen molar-refractivity contribution in [3.05, 3.63) is 71.0 Å². The second-order valence-electron chi connectivity index (χ2n) is 8.36. The lowest BCUT2D eigenvalue weighted by atomic mass is 10.1. The third kappa shape index (κ3) is 5.45. The number of rotatable bonds is 9. The molecule has 0 radical (unpaired) electrons. The van der Waals surface area contributed by atoms with Crippen molar-refractivity contribution in [3.63, 3.8) is 0 Å². The second-order valence-corrected chi connectivity index (χ2v) is 8.36. The molecule has 0 saturated carbocycles. The molecule has 1 aliphatic rings. The molecule has 4 amide bonds. The van der Waals surface area contributed by atoms with E-state index in [2.05, 4.69) is 5.32 Å². The number of nitrogens with zero attached hydrogens (tertiary/aromatic N) is 2. The van der Waals surface area contributed by atoms with Crippen LogP contribution in [0.1, 0.15) is 59.9 Å². The van der Waals surface area contributed by atoms with Crippen molar-refractivity contribution in [2.75, 3.05) is 6.54 Å². The van der Waals surface area contributed by atoms with Crippen molar-refractivity contribution in [1.29, 1.82) is 0 Å². The summed E-state index contributed by atoms with van der Waals surface area (Å²) in [5.74, 6) is -1.92. The molecule has 0 bridgehead atoms. The molecule has 0 aromatic heterocycles. The average Bonchev–Trinajstić information content (AvgIpc) is 3.02. The van der Waals surface area contributed by atoms with Gasteiger partial charge < -0.3 is 10.2 Å². The zero-order valence-electron chi connectivity index (χ0n) is 19.0. The van der Waals surface area contributed by atoms with Crippen LogP contribution in [0.4, 0.5) is 4.39 Å². The number of halogens is 1. The predicted molar refractivity (Wildman–Crippen MR) is 121 cm³/mol. The minimum absolute atomic E-state index is 0.00115. The Labute approximate surface area is 192 Å². The molecule has 33 heavy (non-hydrogen) atoms. The highest BCUT2D eigenvalue weighted by Crippen LogP contribution is 2.23. The standard InChI is InChI=1S/C25H28FN3O4/c1-16(2)27-23(31)17(3)29(15-18-9-4-7-12-21(18)26)22(30)13-8-14-28-24(32)19-10-5-6-11-20(19)25(28)33/h4-7,9-12,16-17H,8,13-15H2,1-3H3,(H,27,31)/t17-/m1/s1. The van der Waals surface area contributed by atoms with E-state index in [1.54, 1.807) is 49.4 Å². The van der Waals surface area contributed by atoms with Gasteiger partial charge in [-0.3, -0.25) is 24.1 Å². The normalized spacial score (nSPS) is 13.8. The predicted octanol–water partition coefficient (Wildman–Crippen LogP) is 3.14. The van der Waals surface area contributed by atoms with Crippen molar-refractivity contribution >= 4 is 23.6 Å². The molecule has 0 spiro atoms. The van der Waals surface area contributed by atoms with Crippen LogP contribution in [0.5, 0.6) is 0 Å². The first-order valence-corrected chi connectivity index (χ1v) is 11.0. The number of benzene rings is 2. The summed E-state index contributed by atoms with van der Waals surface area (Å²) in [5, 5.41) is 2.78. The Kier molecular flexibility index (Phi) is 7.58. The summed E-state index contributed by atoms with van der Waals surface area (Å²) in [5.41, 5.74) is 1.01. The van der Waals surface area contributed by atoms with Crippen LogP contribution in [0.3, 0.4) is 0 Å². The Hall–Kier alpha value is -3.55. The van der Waals surface area contributed by atoms with Gasteiger partial charge >= 0.3 is 0 Å². The molecular weight excluding hydrogens is 425 g/mol. The van der Waals surface area contributed by atoms with E-state index in [1.807, 2.05) is 13.8 Å². The molecule has 0 saturated heterocycles. The van der Waals surface area contributed by atoms with Crippen molar-refractivity contribution < 1.29 is 23.6 Å². The minimum atomic E-state index is -0.821. The summed E-state index contributed by atoms with van der Waals surface area (Å²) in [4.78, 5) is 53.1. The fourth-order valence-electron chi connectivity index (χ4n) is 3.77. The van der Waals surface area contributed by atoms with Crippen molar-refractivity contribution in [2.24, 2.45) is 0 Å². The van der Waals surface area contributed by atoms with Crippen LogP contribution < -0.4 is 5.32 Å². The van der Waals surface area contributed by atoms with Gasteiger partial charge in [0.2, 0.25) is 11.8 Å². The Balaban J connectivity index is 1.68. The molecule has 0 aliphatic carbocycles. The number of fused-ring (bicyclic) bond motifs is 1. The lowest BCUT2D eigenvalue weighted by molar-refractivity contribution is -0.141. The van der Waals surface area contributed by atoms with Crippen LogP contribution in [0.2, 0.25) is 0 Å². The highest BCUT2D eigenvalue weighted by Gasteiger charge is 2.35. The number of hydrogen-bond donors (Lipinski definition) is 1. The summed E-state index contributed by atoms with van der Waals surface area (Å²) in [6, 6.07) is 11.8. The fourth-order valence-corrected chi connectivity index (χ4v) is 3.77. The van der Waals surface area contributed by atoms with E-state index < -0.39 is 11.9 Å². The molecule has 1 atom stereocenters. The summed E-state index contributed by atoms with van der Waals surface area (Å²) in [6.45, 7) is 5.25. The van der Waals surface area contributed by atoms with Crippen molar-refractivity contribution in [2.45, 2.75) is 52.2 Å². The van der Waals surface area contributed by atoms with Gasteiger partial charge in [-0.05, 0) is 45.4 Å². The van der Waals surface area contributed by atoms with Crippen molar-refractivity contribution in [3.8, 4) is 0 Å².